The van der Waals surface area contributed by atoms with E-state index >= 15 is 0 Å². The van der Waals surface area contributed by atoms with Crippen LogP contribution < -0.4 is 9.47 Å². The zero-order valence-corrected chi connectivity index (χ0v) is 15.1. The molecule has 1 aliphatic heterocycles. The Bertz CT molecular complexity index is 534. The fourth-order valence-electron chi connectivity index (χ4n) is 2.46. The lowest BCUT2D eigenvalue weighted by Gasteiger charge is -2.35. The molecule has 0 aromatic heterocycles. The standard InChI is InChI=1S/C18H28N2O4/c1-18(2,3)24-17(21)20-10-8-19(9-11-20)12-13-23-16-7-5-6-15(14-16)22-4/h5-7,14H,8-13H2,1-4H3. The van der Waals surface area contributed by atoms with E-state index in [9.17, 15) is 4.79 Å². The first-order valence-electron chi connectivity index (χ1n) is 8.34. The second kappa shape index (κ2) is 8.24. The van der Waals surface area contributed by atoms with Crippen LogP contribution in [0.3, 0.4) is 0 Å². The van der Waals surface area contributed by atoms with Crippen molar-refractivity contribution >= 4 is 6.09 Å². The van der Waals surface area contributed by atoms with E-state index < -0.39 is 5.60 Å². The van der Waals surface area contributed by atoms with E-state index in [0.717, 1.165) is 31.1 Å². The molecule has 0 saturated carbocycles. The molecule has 0 bridgehead atoms. The zero-order chi connectivity index (χ0) is 17.6. The van der Waals surface area contributed by atoms with Crippen LogP contribution in [0.15, 0.2) is 24.3 Å². The number of rotatable bonds is 5. The minimum Gasteiger partial charge on any atom is -0.497 e. The predicted octanol–water partition coefficient (Wildman–Crippen LogP) is 2.63. The number of ether oxygens (including phenoxy) is 3. The summed E-state index contributed by atoms with van der Waals surface area (Å²) in [5.41, 5.74) is -0.446. The molecule has 0 atom stereocenters. The molecule has 0 N–H and O–H groups in total. The first-order valence-corrected chi connectivity index (χ1v) is 8.34. The van der Waals surface area contributed by atoms with Gasteiger partial charge in [0.05, 0.1) is 7.11 Å². The Balaban J connectivity index is 1.68. The SMILES string of the molecule is COc1cccc(OCCN2CCN(C(=O)OC(C)(C)C)CC2)c1. The molecule has 0 unspecified atom stereocenters. The molecule has 0 spiro atoms. The van der Waals surface area contributed by atoms with Gasteiger partial charge in [0.1, 0.15) is 23.7 Å². The highest BCUT2D eigenvalue weighted by atomic mass is 16.6. The van der Waals surface area contributed by atoms with Crippen LogP contribution in [0.5, 0.6) is 11.5 Å². The van der Waals surface area contributed by atoms with Gasteiger partial charge in [-0.25, -0.2) is 4.79 Å². The molecule has 1 fully saturated rings. The quantitative estimate of drug-likeness (QED) is 0.827. The molecule has 2 rings (SSSR count). The average Bonchev–Trinajstić information content (AvgIpc) is 2.54. The molecular formula is C18H28N2O4. The van der Waals surface area contributed by atoms with Gasteiger partial charge in [-0.15, -0.1) is 0 Å². The largest absolute Gasteiger partial charge is 0.497 e. The van der Waals surface area contributed by atoms with Gasteiger partial charge in [-0.1, -0.05) is 6.07 Å². The normalized spacial score (nSPS) is 15.9. The van der Waals surface area contributed by atoms with Crippen molar-refractivity contribution in [1.29, 1.82) is 0 Å². The molecule has 1 saturated heterocycles. The maximum atomic E-state index is 12.0. The van der Waals surface area contributed by atoms with E-state index in [0.29, 0.717) is 19.7 Å². The average molecular weight is 336 g/mol. The second-order valence-electron chi connectivity index (χ2n) is 6.84. The second-order valence-corrected chi connectivity index (χ2v) is 6.84. The summed E-state index contributed by atoms with van der Waals surface area (Å²) in [6.07, 6.45) is -0.227. The number of carbonyl (C=O) groups excluding carboxylic acids is 1. The first-order chi connectivity index (χ1) is 11.4. The number of benzene rings is 1. The summed E-state index contributed by atoms with van der Waals surface area (Å²) in [4.78, 5) is 16.1. The van der Waals surface area contributed by atoms with Crippen LogP contribution in [-0.2, 0) is 4.74 Å². The van der Waals surface area contributed by atoms with E-state index in [1.165, 1.54) is 0 Å². The van der Waals surface area contributed by atoms with Crippen molar-refractivity contribution in [2.24, 2.45) is 0 Å². The summed E-state index contributed by atoms with van der Waals surface area (Å²) in [6.45, 7) is 10.1. The summed E-state index contributed by atoms with van der Waals surface area (Å²) in [7, 11) is 1.64. The molecule has 0 radical (unpaired) electrons. The van der Waals surface area contributed by atoms with E-state index in [4.69, 9.17) is 14.2 Å². The lowest BCUT2D eigenvalue weighted by Crippen LogP contribution is -2.50. The Labute approximate surface area is 144 Å². The van der Waals surface area contributed by atoms with Gasteiger partial charge in [-0.05, 0) is 32.9 Å². The van der Waals surface area contributed by atoms with E-state index in [-0.39, 0.29) is 6.09 Å². The van der Waals surface area contributed by atoms with Crippen molar-refractivity contribution in [3.05, 3.63) is 24.3 Å². The van der Waals surface area contributed by atoms with Gasteiger partial charge in [0, 0.05) is 38.8 Å². The third kappa shape index (κ3) is 5.92. The number of carbonyl (C=O) groups is 1. The van der Waals surface area contributed by atoms with Gasteiger partial charge >= 0.3 is 6.09 Å². The van der Waals surface area contributed by atoms with E-state index in [1.54, 1.807) is 12.0 Å². The van der Waals surface area contributed by atoms with Gasteiger partial charge in [0.25, 0.3) is 0 Å². The molecular weight excluding hydrogens is 308 g/mol. The Kier molecular flexibility index (Phi) is 6.31. The molecule has 6 heteroatoms. The number of amides is 1. The number of piperazine rings is 1. The molecule has 1 aromatic rings. The first kappa shape index (κ1) is 18.4. The minimum atomic E-state index is -0.446. The van der Waals surface area contributed by atoms with Crippen molar-refractivity contribution < 1.29 is 19.0 Å². The smallest absolute Gasteiger partial charge is 0.410 e. The number of methoxy groups -OCH3 is 1. The Morgan fingerprint density at radius 1 is 1.12 bits per heavy atom. The van der Waals surface area contributed by atoms with Crippen LogP contribution in [0.25, 0.3) is 0 Å². The van der Waals surface area contributed by atoms with Gasteiger partial charge < -0.3 is 19.1 Å². The molecule has 1 aromatic carbocycles. The Morgan fingerprint density at radius 3 is 2.42 bits per heavy atom. The molecule has 1 amide bonds. The van der Waals surface area contributed by atoms with Crippen LogP contribution in [0.4, 0.5) is 4.79 Å². The van der Waals surface area contributed by atoms with Crippen molar-refractivity contribution in [3.8, 4) is 11.5 Å². The lowest BCUT2D eigenvalue weighted by atomic mass is 10.2. The molecule has 6 nitrogen and oxygen atoms in total. The monoisotopic (exact) mass is 336 g/mol. The third-order valence-electron chi connectivity index (χ3n) is 3.74. The van der Waals surface area contributed by atoms with Crippen LogP contribution in [-0.4, -0.2) is 67.9 Å². The molecule has 1 heterocycles. The van der Waals surface area contributed by atoms with Gasteiger partial charge in [0.15, 0.2) is 0 Å². The van der Waals surface area contributed by atoms with Crippen LogP contribution >= 0.6 is 0 Å². The summed E-state index contributed by atoms with van der Waals surface area (Å²) < 4.78 is 16.3. The third-order valence-corrected chi connectivity index (χ3v) is 3.74. The summed E-state index contributed by atoms with van der Waals surface area (Å²) >= 11 is 0. The van der Waals surface area contributed by atoms with Gasteiger partial charge in [-0.2, -0.15) is 0 Å². The van der Waals surface area contributed by atoms with Gasteiger partial charge in [0.2, 0.25) is 0 Å². The van der Waals surface area contributed by atoms with Crippen LogP contribution in [0.2, 0.25) is 0 Å². The fraction of sp³-hybridized carbons (Fsp3) is 0.611. The Morgan fingerprint density at radius 2 is 1.79 bits per heavy atom. The fourth-order valence-corrected chi connectivity index (χ4v) is 2.46. The predicted molar refractivity (Wildman–Crippen MR) is 92.7 cm³/mol. The van der Waals surface area contributed by atoms with E-state index in [2.05, 4.69) is 4.90 Å². The molecule has 24 heavy (non-hydrogen) atoms. The zero-order valence-electron chi connectivity index (χ0n) is 15.1. The highest BCUT2D eigenvalue weighted by Crippen LogP contribution is 2.18. The molecule has 1 aliphatic rings. The summed E-state index contributed by atoms with van der Waals surface area (Å²) in [5, 5.41) is 0. The van der Waals surface area contributed by atoms with Crippen molar-refractivity contribution in [3.63, 3.8) is 0 Å². The number of hydrogen-bond acceptors (Lipinski definition) is 5. The van der Waals surface area contributed by atoms with Crippen LogP contribution in [0.1, 0.15) is 20.8 Å². The minimum absolute atomic E-state index is 0.227. The highest BCUT2D eigenvalue weighted by Gasteiger charge is 2.25. The maximum Gasteiger partial charge on any atom is 0.410 e. The van der Waals surface area contributed by atoms with Crippen molar-refractivity contribution in [1.82, 2.24) is 9.80 Å². The van der Waals surface area contributed by atoms with Crippen molar-refractivity contribution in [2.75, 3.05) is 46.4 Å². The molecule has 134 valence electrons. The Hall–Kier alpha value is -1.95. The van der Waals surface area contributed by atoms with E-state index in [1.807, 2.05) is 45.0 Å². The van der Waals surface area contributed by atoms with Gasteiger partial charge in [-0.3, -0.25) is 4.90 Å². The maximum absolute atomic E-state index is 12.0. The summed E-state index contributed by atoms with van der Waals surface area (Å²) in [5.74, 6) is 1.60. The number of hydrogen-bond donors (Lipinski definition) is 0. The number of nitrogens with zero attached hydrogens (tertiary/aromatic N) is 2. The highest BCUT2D eigenvalue weighted by molar-refractivity contribution is 5.68. The summed E-state index contributed by atoms with van der Waals surface area (Å²) in [6, 6.07) is 7.60. The topological polar surface area (TPSA) is 51.2 Å². The van der Waals surface area contributed by atoms with Crippen LogP contribution in [0, 0.1) is 0 Å². The lowest BCUT2D eigenvalue weighted by molar-refractivity contribution is 0.0137. The van der Waals surface area contributed by atoms with Crippen molar-refractivity contribution in [2.45, 2.75) is 26.4 Å². The molecule has 0 aliphatic carbocycles.